The molecule has 16 heavy (non-hydrogen) atoms. The Morgan fingerprint density at radius 1 is 1.06 bits per heavy atom. The molecule has 1 nitrogen and oxygen atoms in total. The van der Waals surface area contributed by atoms with Crippen LogP contribution in [0, 0.1) is 5.82 Å². The largest absolute Gasteiger partial charge is 0.384 e. The van der Waals surface area contributed by atoms with Crippen LogP contribution in [0.1, 0.15) is 17.2 Å². The summed E-state index contributed by atoms with van der Waals surface area (Å²) in [5.41, 5.74) is 0.958. The van der Waals surface area contributed by atoms with E-state index in [1.807, 2.05) is 18.2 Å². The van der Waals surface area contributed by atoms with Crippen molar-refractivity contribution in [1.82, 2.24) is 0 Å². The first kappa shape index (κ1) is 11.3. The van der Waals surface area contributed by atoms with Crippen molar-refractivity contribution in [3.63, 3.8) is 0 Å². The molecule has 0 aromatic heterocycles. The van der Waals surface area contributed by atoms with Gasteiger partial charge in [-0.25, -0.2) is 4.39 Å². The van der Waals surface area contributed by atoms with Gasteiger partial charge in [0, 0.05) is 10.0 Å². The van der Waals surface area contributed by atoms with Crippen molar-refractivity contribution in [2.75, 3.05) is 0 Å². The summed E-state index contributed by atoms with van der Waals surface area (Å²) in [6, 6.07) is 13.6. The Bertz CT molecular complexity index is 485. The van der Waals surface area contributed by atoms with Crippen LogP contribution in [-0.4, -0.2) is 5.11 Å². The van der Waals surface area contributed by atoms with E-state index in [9.17, 15) is 9.50 Å². The van der Waals surface area contributed by atoms with Crippen molar-refractivity contribution < 1.29 is 9.50 Å². The summed E-state index contributed by atoms with van der Waals surface area (Å²) in [7, 11) is 0. The van der Waals surface area contributed by atoms with Crippen LogP contribution >= 0.6 is 15.9 Å². The van der Waals surface area contributed by atoms with Gasteiger partial charge >= 0.3 is 0 Å². The molecule has 1 N–H and O–H groups in total. The molecule has 82 valence electrons. The van der Waals surface area contributed by atoms with Gasteiger partial charge in [0.25, 0.3) is 0 Å². The van der Waals surface area contributed by atoms with Crippen molar-refractivity contribution >= 4 is 15.9 Å². The van der Waals surface area contributed by atoms with Gasteiger partial charge in [0.2, 0.25) is 0 Å². The van der Waals surface area contributed by atoms with Crippen LogP contribution < -0.4 is 0 Å². The molecule has 0 saturated heterocycles. The van der Waals surface area contributed by atoms with Crippen LogP contribution in [-0.2, 0) is 0 Å². The molecule has 3 heteroatoms. The number of hydrogen-bond donors (Lipinski definition) is 1. The molecule has 0 heterocycles. The lowest BCUT2D eigenvalue weighted by atomic mass is 10.0. The molecule has 0 aliphatic rings. The lowest BCUT2D eigenvalue weighted by Crippen LogP contribution is -2.02. The zero-order chi connectivity index (χ0) is 11.5. The number of hydrogen-bond acceptors (Lipinski definition) is 1. The number of benzene rings is 2. The quantitative estimate of drug-likeness (QED) is 0.890. The Morgan fingerprint density at radius 3 is 2.44 bits per heavy atom. The van der Waals surface area contributed by atoms with E-state index in [4.69, 9.17) is 0 Å². The maximum Gasteiger partial charge on any atom is 0.129 e. The number of aliphatic hydroxyl groups is 1. The van der Waals surface area contributed by atoms with Gasteiger partial charge < -0.3 is 5.11 Å². The van der Waals surface area contributed by atoms with Crippen molar-refractivity contribution in [1.29, 1.82) is 0 Å². The zero-order valence-electron chi connectivity index (χ0n) is 8.40. The lowest BCUT2D eigenvalue weighted by molar-refractivity contribution is 0.215. The number of rotatable bonds is 2. The highest BCUT2D eigenvalue weighted by Gasteiger charge is 2.14. The van der Waals surface area contributed by atoms with Gasteiger partial charge in [0.15, 0.2) is 0 Å². The maximum absolute atomic E-state index is 13.5. The summed E-state index contributed by atoms with van der Waals surface area (Å²) in [6.45, 7) is 0. The van der Waals surface area contributed by atoms with Crippen LogP contribution in [0.25, 0.3) is 0 Å². The van der Waals surface area contributed by atoms with Crippen molar-refractivity contribution in [2.45, 2.75) is 6.10 Å². The van der Waals surface area contributed by atoms with Gasteiger partial charge in [-0.15, -0.1) is 0 Å². The van der Waals surface area contributed by atoms with Crippen LogP contribution in [0.5, 0.6) is 0 Å². The molecule has 2 aromatic rings. The van der Waals surface area contributed by atoms with Crippen LogP contribution in [0.2, 0.25) is 0 Å². The Hall–Kier alpha value is -1.19. The summed E-state index contributed by atoms with van der Waals surface area (Å²) in [5.74, 6) is -0.403. The smallest absolute Gasteiger partial charge is 0.129 e. The Balaban J connectivity index is 2.41. The molecule has 0 radical (unpaired) electrons. The third-order valence-electron chi connectivity index (χ3n) is 2.37. The first-order chi connectivity index (χ1) is 7.68. The molecular formula is C13H10BrFO. The fraction of sp³-hybridized carbons (Fsp3) is 0.0769. The minimum atomic E-state index is -0.932. The van der Waals surface area contributed by atoms with Gasteiger partial charge in [0.1, 0.15) is 11.9 Å². The lowest BCUT2D eigenvalue weighted by Gasteiger charge is -2.12. The molecular weight excluding hydrogens is 271 g/mol. The molecule has 0 bridgehead atoms. The summed E-state index contributed by atoms with van der Waals surface area (Å²) >= 11 is 3.26. The molecule has 0 aliphatic carbocycles. The van der Waals surface area contributed by atoms with E-state index in [1.165, 1.54) is 6.07 Å². The summed E-state index contributed by atoms with van der Waals surface area (Å²) in [5, 5.41) is 10.0. The fourth-order valence-corrected chi connectivity index (χ4v) is 1.92. The highest BCUT2D eigenvalue weighted by molar-refractivity contribution is 9.10. The average molecular weight is 281 g/mol. The Kier molecular flexibility index (Phi) is 3.36. The van der Waals surface area contributed by atoms with E-state index < -0.39 is 11.9 Å². The van der Waals surface area contributed by atoms with Gasteiger partial charge in [-0.05, 0) is 23.8 Å². The molecule has 0 aliphatic heterocycles. The maximum atomic E-state index is 13.5. The highest BCUT2D eigenvalue weighted by atomic mass is 79.9. The molecule has 0 saturated carbocycles. The van der Waals surface area contributed by atoms with E-state index in [0.29, 0.717) is 5.56 Å². The normalized spacial score (nSPS) is 12.4. The summed E-state index contributed by atoms with van der Waals surface area (Å²) in [4.78, 5) is 0. The van der Waals surface area contributed by atoms with Gasteiger partial charge in [-0.1, -0.05) is 46.3 Å². The standard InChI is InChI=1S/C13H10BrFO/c14-10-6-7-12(15)11(8-10)13(16)9-4-2-1-3-5-9/h1-8,13,16H/t13-/m1/s1. The first-order valence-electron chi connectivity index (χ1n) is 4.86. The second kappa shape index (κ2) is 4.76. The van der Waals surface area contributed by atoms with Crippen LogP contribution in [0.15, 0.2) is 53.0 Å². The molecule has 0 fully saturated rings. The number of halogens is 2. The van der Waals surface area contributed by atoms with E-state index in [1.54, 1.807) is 24.3 Å². The third-order valence-corrected chi connectivity index (χ3v) is 2.86. The van der Waals surface area contributed by atoms with Crippen LogP contribution in [0.3, 0.4) is 0 Å². The van der Waals surface area contributed by atoms with E-state index in [-0.39, 0.29) is 5.56 Å². The molecule has 2 rings (SSSR count). The second-order valence-corrected chi connectivity index (χ2v) is 4.39. The SMILES string of the molecule is O[C@H](c1ccccc1)c1cc(Br)ccc1F. The number of aliphatic hydroxyl groups excluding tert-OH is 1. The molecule has 0 amide bonds. The molecule has 2 aromatic carbocycles. The van der Waals surface area contributed by atoms with Crippen LogP contribution in [0.4, 0.5) is 4.39 Å². The van der Waals surface area contributed by atoms with Gasteiger partial charge in [-0.3, -0.25) is 0 Å². The predicted molar refractivity (Wildman–Crippen MR) is 64.6 cm³/mol. The summed E-state index contributed by atoms with van der Waals surface area (Å²) < 4.78 is 14.3. The van der Waals surface area contributed by atoms with E-state index >= 15 is 0 Å². The minimum absolute atomic E-state index is 0.278. The van der Waals surface area contributed by atoms with Gasteiger partial charge in [0.05, 0.1) is 0 Å². The van der Waals surface area contributed by atoms with E-state index in [0.717, 1.165) is 4.47 Å². The molecule has 0 unspecified atom stereocenters. The monoisotopic (exact) mass is 280 g/mol. The zero-order valence-corrected chi connectivity index (χ0v) is 9.99. The Labute approximate surface area is 102 Å². The Morgan fingerprint density at radius 2 is 1.75 bits per heavy atom. The molecule has 1 atom stereocenters. The van der Waals surface area contributed by atoms with E-state index in [2.05, 4.69) is 15.9 Å². The van der Waals surface area contributed by atoms with Crippen molar-refractivity contribution in [2.24, 2.45) is 0 Å². The van der Waals surface area contributed by atoms with Crippen molar-refractivity contribution in [3.8, 4) is 0 Å². The topological polar surface area (TPSA) is 20.2 Å². The highest BCUT2D eigenvalue weighted by Crippen LogP contribution is 2.26. The summed E-state index contributed by atoms with van der Waals surface area (Å²) in [6.07, 6.45) is -0.932. The average Bonchev–Trinajstić information content (AvgIpc) is 2.32. The van der Waals surface area contributed by atoms with Crippen molar-refractivity contribution in [3.05, 3.63) is 69.9 Å². The third kappa shape index (κ3) is 2.31. The minimum Gasteiger partial charge on any atom is -0.384 e. The van der Waals surface area contributed by atoms with Gasteiger partial charge in [-0.2, -0.15) is 0 Å². The second-order valence-electron chi connectivity index (χ2n) is 3.48. The first-order valence-corrected chi connectivity index (χ1v) is 5.66. The predicted octanol–water partition coefficient (Wildman–Crippen LogP) is 3.67. The fourth-order valence-electron chi connectivity index (χ4n) is 1.54. The molecule has 0 spiro atoms.